The third-order valence-electron chi connectivity index (χ3n) is 3.97. The average Bonchev–Trinajstić information content (AvgIpc) is 2.71. The SMILES string of the molecule is CCC1(C)CCN(c2snc(N)c2OC)CC1. The molecule has 1 fully saturated rings. The molecule has 0 aliphatic carbocycles. The van der Waals surface area contributed by atoms with Gasteiger partial charge in [0.05, 0.1) is 7.11 Å². The highest BCUT2D eigenvalue weighted by Gasteiger charge is 2.30. The van der Waals surface area contributed by atoms with Gasteiger partial charge in [-0.15, -0.1) is 0 Å². The first-order valence-electron chi connectivity index (χ1n) is 6.14. The van der Waals surface area contributed by atoms with Crippen LogP contribution in [-0.4, -0.2) is 24.6 Å². The van der Waals surface area contributed by atoms with Crippen LogP contribution in [0, 0.1) is 5.41 Å². The van der Waals surface area contributed by atoms with Crippen LogP contribution in [0.25, 0.3) is 0 Å². The first kappa shape index (κ1) is 12.5. The molecule has 0 radical (unpaired) electrons. The lowest BCUT2D eigenvalue weighted by molar-refractivity contribution is 0.238. The van der Waals surface area contributed by atoms with Crippen molar-refractivity contribution in [2.75, 3.05) is 30.8 Å². The normalized spacial score (nSPS) is 19.4. The van der Waals surface area contributed by atoms with Crippen molar-refractivity contribution in [1.29, 1.82) is 0 Å². The summed E-state index contributed by atoms with van der Waals surface area (Å²) in [4.78, 5) is 2.35. The predicted molar refractivity (Wildman–Crippen MR) is 72.9 cm³/mol. The van der Waals surface area contributed by atoms with Gasteiger partial charge in [0.1, 0.15) is 0 Å². The number of nitrogen functional groups attached to an aromatic ring is 1. The topological polar surface area (TPSA) is 51.4 Å². The van der Waals surface area contributed by atoms with Gasteiger partial charge in [0.25, 0.3) is 0 Å². The third kappa shape index (κ3) is 2.34. The zero-order chi connectivity index (χ0) is 12.5. The lowest BCUT2D eigenvalue weighted by Crippen LogP contribution is -2.38. The summed E-state index contributed by atoms with van der Waals surface area (Å²) in [6.07, 6.45) is 3.71. The molecule has 1 saturated heterocycles. The fourth-order valence-corrected chi connectivity index (χ4v) is 3.12. The third-order valence-corrected chi connectivity index (χ3v) is 4.88. The Kier molecular flexibility index (Phi) is 3.47. The smallest absolute Gasteiger partial charge is 0.197 e. The van der Waals surface area contributed by atoms with Crippen molar-refractivity contribution in [3.05, 3.63) is 0 Å². The van der Waals surface area contributed by atoms with E-state index < -0.39 is 0 Å². The van der Waals surface area contributed by atoms with E-state index in [0.29, 0.717) is 11.2 Å². The molecule has 0 aromatic carbocycles. The van der Waals surface area contributed by atoms with E-state index in [1.54, 1.807) is 7.11 Å². The highest BCUT2D eigenvalue weighted by Crippen LogP contribution is 2.42. The molecule has 0 spiro atoms. The Morgan fingerprint density at radius 1 is 1.47 bits per heavy atom. The zero-order valence-electron chi connectivity index (χ0n) is 10.8. The number of ether oxygens (including phenoxy) is 1. The largest absolute Gasteiger partial charge is 0.490 e. The molecule has 1 aliphatic rings. The number of piperidine rings is 1. The van der Waals surface area contributed by atoms with E-state index in [4.69, 9.17) is 10.5 Å². The molecule has 2 heterocycles. The Bertz CT molecular complexity index is 383. The standard InChI is InChI=1S/C12H21N3OS/c1-4-12(2)5-7-15(8-6-12)11-9(16-3)10(13)14-17-11/h4-8H2,1-3H3,(H2,13,14). The summed E-state index contributed by atoms with van der Waals surface area (Å²) in [6, 6.07) is 0. The molecule has 1 aromatic rings. The second-order valence-corrected chi connectivity index (χ2v) is 5.81. The lowest BCUT2D eigenvalue weighted by atomic mass is 9.78. The Balaban J connectivity index is 2.10. The van der Waals surface area contributed by atoms with Gasteiger partial charge >= 0.3 is 0 Å². The summed E-state index contributed by atoms with van der Waals surface area (Å²) in [6.45, 7) is 6.80. The summed E-state index contributed by atoms with van der Waals surface area (Å²) >= 11 is 1.44. The molecule has 0 bridgehead atoms. The molecule has 5 heteroatoms. The van der Waals surface area contributed by atoms with Gasteiger partial charge in [0, 0.05) is 13.1 Å². The van der Waals surface area contributed by atoms with Gasteiger partial charge < -0.3 is 15.4 Å². The van der Waals surface area contributed by atoms with Gasteiger partial charge in [-0.05, 0) is 29.8 Å². The van der Waals surface area contributed by atoms with Crippen LogP contribution in [0.1, 0.15) is 33.1 Å². The van der Waals surface area contributed by atoms with Gasteiger partial charge in [0.15, 0.2) is 16.6 Å². The molecular formula is C12H21N3OS. The summed E-state index contributed by atoms with van der Waals surface area (Å²) < 4.78 is 9.50. The van der Waals surface area contributed by atoms with Crippen LogP contribution in [0.15, 0.2) is 0 Å². The van der Waals surface area contributed by atoms with E-state index >= 15 is 0 Å². The monoisotopic (exact) mass is 255 g/mol. The molecule has 4 nitrogen and oxygen atoms in total. The molecule has 0 unspecified atom stereocenters. The molecule has 2 N–H and O–H groups in total. The van der Waals surface area contributed by atoms with E-state index in [-0.39, 0.29) is 0 Å². The number of hydrogen-bond acceptors (Lipinski definition) is 5. The van der Waals surface area contributed by atoms with Gasteiger partial charge in [-0.1, -0.05) is 20.3 Å². The van der Waals surface area contributed by atoms with Crippen LogP contribution >= 0.6 is 11.5 Å². The number of nitrogens with zero attached hydrogens (tertiary/aromatic N) is 2. The van der Waals surface area contributed by atoms with Gasteiger partial charge in [-0.3, -0.25) is 0 Å². The van der Waals surface area contributed by atoms with Crippen molar-refractivity contribution >= 4 is 22.4 Å². The molecule has 17 heavy (non-hydrogen) atoms. The number of rotatable bonds is 3. The van der Waals surface area contributed by atoms with E-state index in [0.717, 1.165) is 23.8 Å². The highest BCUT2D eigenvalue weighted by molar-refractivity contribution is 7.11. The highest BCUT2D eigenvalue weighted by atomic mass is 32.1. The van der Waals surface area contributed by atoms with E-state index in [1.807, 2.05) is 0 Å². The Hall–Kier alpha value is -0.970. The Morgan fingerprint density at radius 3 is 2.65 bits per heavy atom. The second kappa shape index (κ2) is 4.72. The molecule has 0 atom stereocenters. The first-order valence-corrected chi connectivity index (χ1v) is 6.91. The van der Waals surface area contributed by atoms with Crippen LogP contribution in [-0.2, 0) is 0 Å². The maximum atomic E-state index is 5.79. The summed E-state index contributed by atoms with van der Waals surface area (Å²) in [5.74, 6) is 1.26. The van der Waals surface area contributed by atoms with Crippen LogP contribution in [0.4, 0.5) is 10.8 Å². The zero-order valence-corrected chi connectivity index (χ0v) is 11.6. The number of hydrogen-bond donors (Lipinski definition) is 1. The fourth-order valence-electron chi connectivity index (χ4n) is 2.28. The van der Waals surface area contributed by atoms with Crippen molar-refractivity contribution in [1.82, 2.24) is 4.37 Å². The number of aromatic nitrogens is 1. The molecule has 0 saturated carbocycles. The molecule has 96 valence electrons. The van der Waals surface area contributed by atoms with Gasteiger partial charge in [-0.25, -0.2) is 0 Å². The molecule has 2 rings (SSSR count). The predicted octanol–water partition coefficient (Wildman–Crippen LogP) is 2.75. The van der Waals surface area contributed by atoms with Crippen molar-refractivity contribution in [2.24, 2.45) is 5.41 Å². The van der Waals surface area contributed by atoms with Crippen LogP contribution in [0.5, 0.6) is 5.75 Å². The Labute approximate surface area is 107 Å². The summed E-state index contributed by atoms with van der Waals surface area (Å²) in [7, 11) is 1.66. The minimum absolute atomic E-state index is 0.500. The number of anilines is 2. The van der Waals surface area contributed by atoms with E-state index in [1.165, 1.54) is 30.8 Å². The number of nitrogens with two attached hydrogens (primary N) is 1. The minimum atomic E-state index is 0.500. The van der Waals surface area contributed by atoms with Crippen LogP contribution < -0.4 is 15.4 Å². The van der Waals surface area contributed by atoms with Crippen molar-refractivity contribution in [3.8, 4) is 5.75 Å². The van der Waals surface area contributed by atoms with Gasteiger partial charge in [-0.2, -0.15) is 4.37 Å². The molecule has 0 amide bonds. The van der Waals surface area contributed by atoms with Crippen LogP contribution in [0.2, 0.25) is 0 Å². The van der Waals surface area contributed by atoms with Crippen molar-refractivity contribution in [2.45, 2.75) is 33.1 Å². The minimum Gasteiger partial charge on any atom is -0.490 e. The second-order valence-electron chi connectivity index (χ2n) is 5.06. The maximum absolute atomic E-state index is 5.79. The molecule has 1 aliphatic heterocycles. The summed E-state index contributed by atoms with van der Waals surface area (Å²) in [5.41, 5.74) is 6.29. The lowest BCUT2D eigenvalue weighted by Gasteiger charge is -2.39. The van der Waals surface area contributed by atoms with E-state index in [2.05, 4.69) is 23.1 Å². The van der Waals surface area contributed by atoms with Crippen molar-refractivity contribution < 1.29 is 4.74 Å². The maximum Gasteiger partial charge on any atom is 0.197 e. The average molecular weight is 255 g/mol. The first-order chi connectivity index (χ1) is 8.09. The van der Waals surface area contributed by atoms with Crippen molar-refractivity contribution in [3.63, 3.8) is 0 Å². The number of methoxy groups -OCH3 is 1. The van der Waals surface area contributed by atoms with Crippen LogP contribution in [0.3, 0.4) is 0 Å². The summed E-state index contributed by atoms with van der Waals surface area (Å²) in [5, 5.41) is 1.09. The molecular weight excluding hydrogens is 234 g/mol. The molecule has 1 aromatic heterocycles. The van der Waals surface area contributed by atoms with E-state index in [9.17, 15) is 0 Å². The Morgan fingerprint density at radius 2 is 2.12 bits per heavy atom. The van der Waals surface area contributed by atoms with Gasteiger partial charge in [0.2, 0.25) is 0 Å². The quantitative estimate of drug-likeness (QED) is 0.902. The fraction of sp³-hybridized carbons (Fsp3) is 0.750.